The molecule has 5 heterocycles. The summed E-state index contributed by atoms with van der Waals surface area (Å²) in [5.74, 6) is 5.75. The van der Waals surface area contributed by atoms with Gasteiger partial charge in [-0.05, 0) is 146 Å². The van der Waals surface area contributed by atoms with E-state index >= 15 is 0 Å². The van der Waals surface area contributed by atoms with Gasteiger partial charge in [0.05, 0.1) is 22.6 Å². The van der Waals surface area contributed by atoms with Gasteiger partial charge in [-0.15, -0.1) is 0 Å². The van der Waals surface area contributed by atoms with Gasteiger partial charge >= 0.3 is 7.12 Å². The number of anilines is 6. The van der Waals surface area contributed by atoms with Gasteiger partial charge in [-0.25, -0.2) is 29.7 Å². The van der Waals surface area contributed by atoms with Crippen molar-refractivity contribution < 1.29 is 9.31 Å². The zero-order chi connectivity index (χ0) is 91.9. The molecule has 16 nitrogen and oxygen atoms in total. The van der Waals surface area contributed by atoms with Crippen LogP contribution < -0.4 is 15.3 Å². The molecule has 136 heavy (non-hydrogen) atoms. The average Bonchev–Trinajstić information content (AvgIpc) is 1.47. The van der Waals surface area contributed by atoms with Crippen LogP contribution in [0.1, 0.15) is 27.7 Å². The predicted molar refractivity (Wildman–Crippen MR) is 555 cm³/mol. The fraction of sp³-hybridized carbons (Fsp3) is 0.0508. The topological polar surface area (TPSA) is 180 Å². The molecule has 0 amide bonds. The van der Waals surface area contributed by atoms with Crippen molar-refractivity contribution in [1.82, 2.24) is 59.8 Å². The molecule has 0 bridgehead atoms. The van der Waals surface area contributed by atoms with Crippen LogP contribution in [0, 0.1) is 0 Å². The first kappa shape index (κ1) is 85.9. The second-order valence-corrected chi connectivity index (χ2v) is 34.7. The molecular formula is C118H86BBrN14O2. The third kappa shape index (κ3) is 17.8. The highest BCUT2D eigenvalue weighted by atomic mass is 79.9. The highest BCUT2D eigenvalue weighted by Gasteiger charge is 2.53. The number of halogens is 1. The SMILES string of the molecule is Brc1ccc(N(c2nc(-c3ccccc3)nc(-c3ccccc3)n2)c2nc(-c3ccccc3)nc(-c3ccccc3)n2)cc1.CC1(C)OB(c2c3ccccc3c(-c3ccccc3)c3ccccc23)OC1(C)C.c1ccc(-c2nc(-c3ccccc3)nc(N(c3ccc(-c4c5ccccc5c(-c5ccccc5)c5ccccc45)cc3)c3nc(-c4ccccc4)nc(-c4ccccc4)n3)n2)cc1. The Morgan fingerprint density at radius 2 is 0.360 bits per heavy atom. The molecule has 1 saturated heterocycles. The van der Waals surface area contributed by atoms with Crippen molar-refractivity contribution in [3.05, 3.63) is 453 Å². The lowest BCUT2D eigenvalue weighted by molar-refractivity contribution is 0.00578. The molecule has 1 fully saturated rings. The van der Waals surface area contributed by atoms with Gasteiger partial charge in [0.1, 0.15) is 0 Å². The molecule has 0 spiro atoms. The Kier molecular flexibility index (Phi) is 24.1. The van der Waals surface area contributed by atoms with Gasteiger partial charge in [-0.3, -0.25) is 0 Å². The number of rotatable bonds is 18. The molecule has 4 aromatic heterocycles. The summed E-state index contributed by atoms with van der Waals surface area (Å²) in [6.45, 7) is 8.43. The van der Waals surface area contributed by atoms with Crippen LogP contribution >= 0.6 is 15.9 Å². The van der Waals surface area contributed by atoms with Crippen LogP contribution in [-0.4, -0.2) is 78.1 Å². The molecule has 0 N–H and O–H groups in total. The van der Waals surface area contributed by atoms with Gasteiger partial charge in [0.2, 0.25) is 23.8 Å². The monoisotopic (exact) mass is 1820 g/mol. The van der Waals surface area contributed by atoms with Crippen molar-refractivity contribution in [2.24, 2.45) is 0 Å². The largest absolute Gasteiger partial charge is 0.496 e. The molecule has 1 aliphatic rings. The maximum Gasteiger partial charge on any atom is 0.496 e. The third-order valence-corrected chi connectivity index (χ3v) is 25.1. The number of hydrogen-bond donors (Lipinski definition) is 0. The Morgan fingerprint density at radius 1 is 0.191 bits per heavy atom. The van der Waals surface area contributed by atoms with E-state index in [2.05, 4.69) is 226 Å². The van der Waals surface area contributed by atoms with Crippen LogP contribution in [0.15, 0.2) is 453 Å². The first-order valence-electron chi connectivity index (χ1n) is 45.1. The van der Waals surface area contributed by atoms with Crippen LogP contribution in [0.5, 0.6) is 0 Å². The molecule has 0 unspecified atom stereocenters. The quantitative estimate of drug-likeness (QED) is 0.0584. The molecule has 0 saturated carbocycles. The lowest BCUT2D eigenvalue weighted by Crippen LogP contribution is -2.41. The van der Waals surface area contributed by atoms with Crippen LogP contribution in [0.3, 0.4) is 0 Å². The maximum absolute atomic E-state index is 6.49. The number of hydrogen-bond acceptors (Lipinski definition) is 16. The second kappa shape index (κ2) is 38.1. The van der Waals surface area contributed by atoms with Gasteiger partial charge in [0, 0.05) is 49.0 Å². The van der Waals surface area contributed by atoms with Gasteiger partial charge in [0.15, 0.2) is 46.6 Å². The molecular weight excluding hydrogens is 1740 g/mol. The van der Waals surface area contributed by atoms with E-state index in [1.165, 1.54) is 65.3 Å². The molecule has 650 valence electrons. The Morgan fingerprint density at radius 3 is 0.574 bits per heavy atom. The summed E-state index contributed by atoms with van der Waals surface area (Å²) in [6, 6.07) is 152. The number of fused-ring (bicyclic) bond motifs is 4. The van der Waals surface area contributed by atoms with Crippen LogP contribution in [0.2, 0.25) is 0 Å². The Labute approximate surface area is 796 Å². The summed E-state index contributed by atoms with van der Waals surface area (Å²) in [5.41, 5.74) is 16.0. The summed E-state index contributed by atoms with van der Waals surface area (Å²) < 4.78 is 13.9. The first-order chi connectivity index (χ1) is 66.8. The van der Waals surface area contributed by atoms with Gasteiger partial charge < -0.3 is 9.31 Å². The van der Waals surface area contributed by atoms with Gasteiger partial charge in [0.25, 0.3) is 0 Å². The maximum atomic E-state index is 6.49. The van der Waals surface area contributed by atoms with E-state index in [0.29, 0.717) is 70.4 Å². The van der Waals surface area contributed by atoms with Crippen LogP contribution in [0.4, 0.5) is 35.2 Å². The molecule has 18 heteroatoms. The molecule has 1 aliphatic heterocycles. The summed E-state index contributed by atoms with van der Waals surface area (Å²) in [5, 5.41) is 9.56. The van der Waals surface area contributed by atoms with Crippen LogP contribution in [0.25, 0.3) is 168 Å². The molecule has 18 aromatic carbocycles. The lowest BCUT2D eigenvalue weighted by Gasteiger charge is -2.32. The van der Waals surface area contributed by atoms with E-state index in [1.807, 2.05) is 277 Å². The predicted octanol–water partition coefficient (Wildman–Crippen LogP) is 28.8. The third-order valence-electron chi connectivity index (χ3n) is 24.6. The standard InChI is InChI=1S/C56H37N7.C36H24BrN7.C26H25BO2/c1-6-20-38(21-7-1)49-45-30-16-18-32-47(45)50(48-33-19-17-31-46(48)49)39-34-36-44(37-35-39)63(55-59-51(40-22-8-2-9-23-40)57-52(60-55)41-24-10-3-11-25-41)56-61-53(42-26-12-4-13-27-42)58-54(62-56)43-28-14-5-15-29-43;37-29-21-23-30(24-22-29)44(35-40-31(25-13-5-1-6-14-25)38-32(41-35)26-15-7-2-8-16-26)36-42-33(27-17-9-3-10-18-27)39-34(43-36)28-19-11-4-12-20-28;1-25(2)26(3,4)29-27(28-25)24-21-16-10-8-14-19(21)23(18-12-6-5-7-13-18)20-15-9-11-17-22(20)24/h1-37H;1-24H;5-17H,1-4H3. The highest BCUT2D eigenvalue weighted by molar-refractivity contribution is 9.10. The molecule has 0 radical (unpaired) electrons. The fourth-order valence-electron chi connectivity index (χ4n) is 17.2. The Balaban J connectivity index is 0.000000131. The van der Waals surface area contributed by atoms with Crippen LogP contribution in [-0.2, 0) is 9.31 Å². The van der Waals surface area contributed by atoms with E-state index in [4.69, 9.17) is 69.1 Å². The van der Waals surface area contributed by atoms with E-state index in [-0.39, 0.29) is 11.2 Å². The summed E-state index contributed by atoms with van der Waals surface area (Å²) >= 11 is 3.57. The smallest absolute Gasteiger partial charge is 0.399 e. The van der Waals surface area contributed by atoms with Crippen molar-refractivity contribution >= 4 is 107 Å². The van der Waals surface area contributed by atoms with E-state index in [1.54, 1.807) is 0 Å². The summed E-state index contributed by atoms with van der Waals surface area (Å²) in [7, 11) is -0.403. The molecule has 22 aromatic rings. The van der Waals surface area contributed by atoms with E-state index in [0.717, 1.165) is 76.9 Å². The molecule has 0 atom stereocenters. The van der Waals surface area contributed by atoms with Gasteiger partial charge in [-0.1, -0.05) is 428 Å². The minimum absolute atomic E-state index is 0.364. The van der Waals surface area contributed by atoms with Crippen molar-refractivity contribution in [2.75, 3.05) is 9.80 Å². The summed E-state index contributed by atoms with van der Waals surface area (Å²) in [4.78, 5) is 64.3. The second-order valence-electron chi connectivity index (χ2n) is 33.8. The van der Waals surface area contributed by atoms with E-state index in [9.17, 15) is 0 Å². The fourth-order valence-corrected chi connectivity index (χ4v) is 17.5. The number of benzene rings is 18. The minimum Gasteiger partial charge on any atom is -0.399 e. The van der Waals surface area contributed by atoms with Crippen molar-refractivity contribution in [2.45, 2.75) is 38.9 Å². The molecule has 23 rings (SSSR count). The van der Waals surface area contributed by atoms with Gasteiger partial charge in [-0.2, -0.15) is 39.9 Å². The first-order valence-corrected chi connectivity index (χ1v) is 45.9. The van der Waals surface area contributed by atoms with Crippen molar-refractivity contribution in [3.63, 3.8) is 0 Å². The minimum atomic E-state index is -0.403. The lowest BCUT2D eigenvalue weighted by atomic mass is 9.71. The zero-order valence-electron chi connectivity index (χ0n) is 74.8. The van der Waals surface area contributed by atoms with Crippen molar-refractivity contribution in [1.29, 1.82) is 0 Å². The zero-order valence-corrected chi connectivity index (χ0v) is 76.3. The van der Waals surface area contributed by atoms with Crippen molar-refractivity contribution in [3.8, 4) is 124 Å². The van der Waals surface area contributed by atoms with E-state index < -0.39 is 7.12 Å². The average molecular weight is 1820 g/mol. The molecule has 0 aliphatic carbocycles. The number of aromatic nitrogens is 12. The summed E-state index contributed by atoms with van der Waals surface area (Å²) in [6.07, 6.45) is 0. The normalized spacial score (nSPS) is 12.5. The Bertz CT molecular complexity index is 7410. The number of nitrogens with zero attached hydrogens (tertiary/aromatic N) is 14. The Hall–Kier alpha value is -16.9. The highest BCUT2D eigenvalue weighted by Crippen LogP contribution is 2.47.